The summed E-state index contributed by atoms with van der Waals surface area (Å²) in [7, 11) is 0. The second-order valence-corrected chi connectivity index (χ2v) is 4.33. The van der Waals surface area contributed by atoms with Gasteiger partial charge in [-0.1, -0.05) is 25.1 Å². The van der Waals surface area contributed by atoms with Gasteiger partial charge in [-0.3, -0.25) is 0 Å². The smallest absolute Gasteiger partial charge is 0.338 e. The van der Waals surface area contributed by atoms with Gasteiger partial charge in [-0.2, -0.15) is 0 Å². The third-order valence-corrected chi connectivity index (χ3v) is 3.22. The van der Waals surface area contributed by atoms with Crippen molar-refractivity contribution in [1.82, 2.24) is 0 Å². The molecular formula is C11H16N2O2S. The molecule has 2 N–H and O–H groups in total. The Morgan fingerprint density at radius 3 is 2.75 bits per heavy atom. The zero-order valence-electron chi connectivity index (χ0n) is 9.47. The van der Waals surface area contributed by atoms with E-state index in [2.05, 4.69) is 5.16 Å². The highest BCUT2D eigenvalue weighted by Crippen LogP contribution is 2.11. The summed E-state index contributed by atoms with van der Waals surface area (Å²) >= 11 is 1.46. The zero-order chi connectivity index (χ0) is 12.0. The van der Waals surface area contributed by atoms with Crippen LogP contribution in [0.5, 0.6) is 0 Å². The second kappa shape index (κ2) is 6.27. The number of amidine groups is 1. The van der Waals surface area contributed by atoms with Crippen LogP contribution in [-0.2, 0) is 9.63 Å². The van der Waals surface area contributed by atoms with E-state index >= 15 is 0 Å². The maximum atomic E-state index is 11.5. The van der Waals surface area contributed by atoms with E-state index < -0.39 is 0 Å². The fraction of sp³-hybridized carbons (Fsp3) is 0.455. The van der Waals surface area contributed by atoms with E-state index in [-0.39, 0.29) is 17.7 Å². The number of hydrogen-bond donors (Lipinski definition) is 1. The van der Waals surface area contributed by atoms with Crippen LogP contribution in [-0.4, -0.2) is 11.8 Å². The van der Waals surface area contributed by atoms with Crippen molar-refractivity contribution in [3.8, 4) is 0 Å². The molecule has 0 atom stereocenters. The highest BCUT2D eigenvalue weighted by atomic mass is 32.1. The van der Waals surface area contributed by atoms with Gasteiger partial charge in [-0.05, 0) is 24.3 Å². The first kappa shape index (κ1) is 12.7. The minimum Gasteiger partial charge on any atom is -0.380 e. The Balaban J connectivity index is 2.56. The van der Waals surface area contributed by atoms with Gasteiger partial charge in [0.25, 0.3) is 0 Å². The monoisotopic (exact) mass is 240 g/mol. The summed E-state index contributed by atoms with van der Waals surface area (Å²) < 4.78 is 0. The SMILES string of the molecule is CCC(CC)C(=O)O/N=C(\N)c1cccs1. The molecule has 0 aliphatic carbocycles. The maximum absolute atomic E-state index is 11.5. The van der Waals surface area contributed by atoms with Gasteiger partial charge in [0, 0.05) is 0 Å². The second-order valence-electron chi connectivity index (χ2n) is 3.38. The molecule has 0 amide bonds. The van der Waals surface area contributed by atoms with Crippen molar-refractivity contribution in [2.24, 2.45) is 16.8 Å². The number of nitrogens with two attached hydrogens (primary N) is 1. The predicted molar refractivity (Wildman–Crippen MR) is 65.2 cm³/mol. The quantitative estimate of drug-likeness (QED) is 0.372. The lowest BCUT2D eigenvalue weighted by molar-refractivity contribution is -0.148. The zero-order valence-corrected chi connectivity index (χ0v) is 10.3. The molecule has 1 heterocycles. The van der Waals surface area contributed by atoms with E-state index in [9.17, 15) is 4.79 Å². The van der Waals surface area contributed by atoms with Crippen LogP contribution < -0.4 is 5.73 Å². The average Bonchev–Trinajstić information content (AvgIpc) is 2.81. The van der Waals surface area contributed by atoms with Crippen LogP contribution >= 0.6 is 11.3 Å². The minimum absolute atomic E-state index is 0.0973. The van der Waals surface area contributed by atoms with Crippen molar-refractivity contribution >= 4 is 23.1 Å². The number of hydrogen-bond acceptors (Lipinski definition) is 4. The minimum atomic E-state index is -0.315. The first-order valence-corrected chi connectivity index (χ1v) is 6.15. The third-order valence-electron chi connectivity index (χ3n) is 2.33. The molecule has 16 heavy (non-hydrogen) atoms. The van der Waals surface area contributed by atoms with Gasteiger partial charge in [0.15, 0.2) is 5.84 Å². The fourth-order valence-corrected chi connectivity index (χ4v) is 1.88. The van der Waals surface area contributed by atoms with Crippen LogP contribution in [0.2, 0.25) is 0 Å². The molecule has 0 aliphatic heterocycles. The van der Waals surface area contributed by atoms with Crippen molar-refractivity contribution in [2.75, 3.05) is 0 Å². The molecule has 0 aromatic carbocycles. The Kier molecular flexibility index (Phi) is 4.98. The van der Waals surface area contributed by atoms with Gasteiger partial charge in [0.1, 0.15) is 0 Å². The van der Waals surface area contributed by atoms with E-state index in [0.717, 1.165) is 17.7 Å². The predicted octanol–water partition coefficient (Wildman–Crippen LogP) is 2.35. The first-order chi connectivity index (χ1) is 7.69. The molecule has 0 aliphatic rings. The molecule has 5 heteroatoms. The third kappa shape index (κ3) is 3.34. The molecule has 1 rings (SSSR count). The Morgan fingerprint density at radius 2 is 2.25 bits per heavy atom. The average molecular weight is 240 g/mol. The molecule has 0 spiro atoms. The van der Waals surface area contributed by atoms with Gasteiger partial charge in [0.2, 0.25) is 0 Å². The molecule has 1 aromatic rings. The van der Waals surface area contributed by atoms with E-state index in [1.807, 2.05) is 31.4 Å². The molecule has 0 saturated carbocycles. The summed E-state index contributed by atoms with van der Waals surface area (Å²) in [5.74, 6) is -0.168. The lowest BCUT2D eigenvalue weighted by atomic mass is 10.0. The number of nitrogens with zero attached hydrogens (tertiary/aromatic N) is 1. The standard InChI is InChI=1S/C11H16N2O2S/c1-3-8(4-2)11(14)15-13-10(12)9-6-5-7-16-9/h5-8H,3-4H2,1-2H3,(H2,12,13). The van der Waals surface area contributed by atoms with Gasteiger partial charge in [0.05, 0.1) is 10.8 Å². The molecule has 0 fully saturated rings. The summed E-state index contributed by atoms with van der Waals surface area (Å²) in [6, 6.07) is 3.69. The van der Waals surface area contributed by atoms with Gasteiger partial charge in [-0.25, -0.2) is 4.79 Å². The normalized spacial score (nSPS) is 11.8. The Morgan fingerprint density at radius 1 is 1.56 bits per heavy atom. The summed E-state index contributed by atoms with van der Waals surface area (Å²) in [6.07, 6.45) is 1.51. The fourth-order valence-electron chi connectivity index (χ4n) is 1.26. The van der Waals surface area contributed by atoms with Crippen LogP contribution in [0.4, 0.5) is 0 Å². The number of oxime groups is 1. The van der Waals surface area contributed by atoms with E-state index in [4.69, 9.17) is 10.6 Å². The number of rotatable bonds is 5. The molecule has 88 valence electrons. The van der Waals surface area contributed by atoms with Crippen molar-refractivity contribution in [3.63, 3.8) is 0 Å². The maximum Gasteiger partial charge on any atom is 0.338 e. The molecule has 0 radical (unpaired) electrons. The van der Waals surface area contributed by atoms with Crippen molar-refractivity contribution in [2.45, 2.75) is 26.7 Å². The van der Waals surface area contributed by atoms with Crippen LogP contribution in [0.25, 0.3) is 0 Å². The topological polar surface area (TPSA) is 64.7 Å². The number of thiophene rings is 1. The molecule has 4 nitrogen and oxygen atoms in total. The molecule has 0 bridgehead atoms. The van der Waals surface area contributed by atoms with Crippen molar-refractivity contribution in [1.29, 1.82) is 0 Å². The summed E-state index contributed by atoms with van der Waals surface area (Å²) in [5, 5.41) is 5.53. The van der Waals surface area contributed by atoms with E-state index in [0.29, 0.717) is 0 Å². The summed E-state index contributed by atoms with van der Waals surface area (Å²) in [5.41, 5.74) is 5.65. The number of carbonyl (C=O) groups excluding carboxylic acids is 1. The Hall–Kier alpha value is -1.36. The van der Waals surface area contributed by atoms with Crippen LogP contribution in [0.15, 0.2) is 22.7 Å². The van der Waals surface area contributed by atoms with Crippen molar-refractivity contribution < 1.29 is 9.63 Å². The van der Waals surface area contributed by atoms with E-state index in [1.54, 1.807) is 0 Å². The van der Waals surface area contributed by atoms with Gasteiger partial charge >= 0.3 is 5.97 Å². The molecule has 0 unspecified atom stereocenters. The van der Waals surface area contributed by atoms with Crippen LogP contribution in [0.1, 0.15) is 31.6 Å². The Labute approximate surface area is 99.1 Å². The summed E-state index contributed by atoms with van der Waals surface area (Å²) in [4.78, 5) is 17.1. The lowest BCUT2D eigenvalue weighted by Crippen LogP contribution is -2.18. The van der Waals surface area contributed by atoms with Crippen LogP contribution in [0, 0.1) is 5.92 Å². The molecule has 1 aromatic heterocycles. The van der Waals surface area contributed by atoms with Crippen LogP contribution in [0.3, 0.4) is 0 Å². The van der Waals surface area contributed by atoms with E-state index in [1.165, 1.54) is 11.3 Å². The van der Waals surface area contributed by atoms with Crippen molar-refractivity contribution in [3.05, 3.63) is 22.4 Å². The summed E-state index contributed by atoms with van der Waals surface area (Å²) in [6.45, 7) is 3.89. The van der Waals surface area contributed by atoms with Gasteiger partial charge in [-0.15, -0.1) is 11.3 Å². The van der Waals surface area contributed by atoms with Gasteiger partial charge < -0.3 is 10.6 Å². The molecule has 0 saturated heterocycles. The number of carbonyl (C=O) groups is 1. The Bertz CT molecular complexity index is 356. The molecular weight excluding hydrogens is 224 g/mol. The highest BCUT2D eigenvalue weighted by molar-refractivity contribution is 7.12. The largest absolute Gasteiger partial charge is 0.380 e. The highest BCUT2D eigenvalue weighted by Gasteiger charge is 2.16. The lowest BCUT2D eigenvalue weighted by Gasteiger charge is -2.07. The first-order valence-electron chi connectivity index (χ1n) is 5.27.